The van der Waals surface area contributed by atoms with Gasteiger partial charge in [0.05, 0.1) is 41.1 Å². The monoisotopic (exact) mass is 601 g/mol. The van der Waals surface area contributed by atoms with Crippen LogP contribution in [-0.2, 0) is 4.79 Å². The van der Waals surface area contributed by atoms with Crippen LogP contribution in [0.1, 0.15) is 24.1 Å². The van der Waals surface area contributed by atoms with Crippen molar-refractivity contribution in [3.63, 3.8) is 0 Å². The van der Waals surface area contributed by atoms with Gasteiger partial charge in [0, 0.05) is 5.69 Å². The van der Waals surface area contributed by atoms with E-state index in [1.165, 1.54) is 18.4 Å². The van der Waals surface area contributed by atoms with Gasteiger partial charge < -0.3 is 19.5 Å². The lowest BCUT2D eigenvalue weighted by Crippen LogP contribution is -2.40. The Balaban J connectivity index is 1.66. The molecule has 1 amide bonds. The van der Waals surface area contributed by atoms with Crippen molar-refractivity contribution < 1.29 is 19.0 Å². The third-order valence-electron chi connectivity index (χ3n) is 6.60. The summed E-state index contributed by atoms with van der Waals surface area (Å²) in [7, 11) is 3.09. The lowest BCUT2D eigenvalue weighted by molar-refractivity contribution is -0.113. The molecule has 0 radical (unpaired) electrons. The number of benzene rings is 3. The summed E-state index contributed by atoms with van der Waals surface area (Å²) >= 11 is 7.73. The molecule has 3 aromatic carbocycles. The number of aromatic nitrogens is 1. The summed E-state index contributed by atoms with van der Waals surface area (Å²) in [5, 5.41) is 3.29. The van der Waals surface area contributed by atoms with Crippen LogP contribution in [0.3, 0.4) is 0 Å². The lowest BCUT2D eigenvalue weighted by atomic mass is 9.95. The van der Waals surface area contributed by atoms with Gasteiger partial charge in [-0.2, -0.15) is 0 Å². The number of para-hydroxylation sites is 1. The van der Waals surface area contributed by atoms with E-state index in [-0.39, 0.29) is 18.1 Å². The van der Waals surface area contributed by atoms with Crippen molar-refractivity contribution in [2.24, 2.45) is 4.99 Å². The minimum atomic E-state index is -0.741. The lowest BCUT2D eigenvalue weighted by Gasteiger charge is -2.25. The van der Waals surface area contributed by atoms with E-state index in [0.717, 1.165) is 0 Å². The Hall–Kier alpha value is -4.60. The summed E-state index contributed by atoms with van der Waals surface area (Å²) in [5.74, 6) is 1.07. The van der Waals surface area contributed by atoms with Gasteiger partial charge in [-0.1, -0.05) is 65.9 Å². The predicted octanol–water partition coefficient (Wildman–Crippen LogP) is 5.11. The molecule has 1 atom stereocenters. The quantitative estimate of drug-likeness (QED) is 0.269. The van der Waals surface area contributed by atoms with E-state index in [9.17, 15) is 9.59 Å². The maximum absolute atomic E-state index is 14.0. The standard InChI is InChI=1S/C32H28ClN3O5S/c1-5-14-41-29-24(33)15-20(16-25(29)40-4)17-26-31(38)36-28(21-10-9-13-23(18-21)39-3)27(19(2)34-32(36)42-26)30(37)35-22-11-7-6-8-12-22/h5-13,15-18,28H,1,14H2,2-4H3,(H,35,37)/b26-17-/t28-/m0/s1. The van der Waals surface area contributed by atoms with Gasteiger partial charge in [0.2, 0.25) is 0 Å². The number of nitrogens with zero attached hydrogens (tertiary/aromatic N) is 2. The average molecular weight is 602 g/mol. The molecule has 10 heteroatoms. The first kappa shape index (κ1) is 28.9. The fourth-order valence-electron chi connectivity index (χ4n) is 4.72. The molecule has 0 fully saturated rings. The highest BCUT2D eigenvalue weighted by Gasteiger charge is 2.32. The number of fused-ring (bicyclic) bond motifs is 1. The molecule has 0 bridgehead atoms. The van der Waals surface area contributed by atoms with Gasteiger partial charge >= 0.3 is 0 Å². The third kappa shape index (κ3) is 5.74. The van der Waals surface area contributed by atoms with Crippen molar-refractivity contribution in [3.05, 3.63) is 126 Å². The van der Waals surface area contributed by atoms with Crippen LogP contribution in [-0.4, -0.2) is 31.3 Å². The fraction of sp³-hybridized carbons (Fsp3) is 0.156. The number of hydrogen-bond donors (Lipinski definition) is 1. The largest absolute Gasteiger partial charge is 0.497 e. The summed E-state index contributed by atoms with van der Waals surface area (Å²) in [5.41, 5.74) is 2.56. The van der Waals surface area contributed by atoms with Gasteiger partial charge in [-0.3, -0.25) is 14.2 Å². The second-order valence-corrected chi connectivity index (χ2v) is 10.7. The molecule has 4 aromatic rings. The highest BCUT2D eigenvalue weighted by atomic mass is 35.5. The number of amides is 1. The van der Waals surface area contributed by atoms with E-state index >= 15 is 0 Å². The van der Waals surface area contributed by atoms with Crippen LogP contribution < -0.4 is 34.4 Å². The molecule has 1 N–H and O–H groups in total. The Kier molecular flexibility index (Phi) is 8.61. The van der Waals surface area contributed by atoms with Crippen molar-refractivity contribution in [2.75, 3.05) is 26.1 Å². The number of anilines is 1. The van der Waals surface area contributed by atoms with Crippen molar-refractivity contribution in [2.45, 2.75) is 13.0 Å². The number of carbonyl (C=O) groups excluding carboxylic acids is 1. The Bertz CT molecular complexity index is 1880. The number of methoxy groups -OCH3 is 2. The van der Waals surface area contributed by atoms with Crippen LogP contribution in [0.4, 0.5) is 5.69 Å². The third-order valence-corrected chi connectivity index (χ3v) is 7.87. The molecule has 0 saturated heterocycles. The molecule has 0 aliphatic carbocycles. The smallest absolute Gasteiger partial charge is 0.271 e. The van der Waals surface area contributed by atoms with E-state index < -0.39 is 6.04 Å². The first-order chi connectivity index (χ1) is 20.3. The number of carbonyl (C=O) groups is 1. The average Bonchev–Trinajstić information content (AvgIpc) is 3.29. The summed E-state index contributed by atoms with van der Waals surface area (Å²) in [6.07, 6.45) is 3.33. The molecule has 0 unspecified atom stereocenters. The molecule has 5 rings (SSSR count). The molecular formula is C32H28ClN3O5S. The molecule has 0 saturated carbocycles. The summed E-state index contributed by atoms with van der Waals surface area (Å²) in [6, 6.07) is 19.2. The normalized spacial score (nSPS) is 14.6. The maximum atomic E-state index is 14.0. The number of rotatable bonds is 9. The van der Waals surface area contributed by atoms with E-state index in [1.54, 1.807) is 55.0 Å². The minimum Gasteiger partial charge on any atom is -0.497 e. The Morgan fingerprint density at radius 3 is 2.62 bits per heavy atom. The van der Waals surface area contributed by atoms with Gasteiger partial charge in [0.15, 0.2) is 16.3 Å². The van der Waals surface area contributed by atoms with E-state index in [0.29, 0.717) is 59.7 Å². The summed E-state index contributed by atoms with van der Waals surface area (Å²) in [4.78, 5) is 32.9. The molecule has 42 heavy (non-hydrogen) atoms. The SMILES string of the molecule is C=CCOc1c(Cl)cc(/C=c2\sc3n(c2=O)[C@@H](c2cccc(OC)c2)C(C(=O)Nc2ccccc2)=C(C)N=3)cc1OC. The zero-order chi connectivity index (χ0) is 29.8. The van der Waals surface area contributed by atoms with Gasteiger partial charge in [0.1, 0.15) is 12.4 Å². The van der Waals surface area contributed by atoms with Crippen LogP contribution in [0.2, 0.25) is 5.02 Å². The van der Waals surface area contributed by atoms with Crippen molar-refractivity contribution in [3.8, 4) is 17.2 Å². The van der Waals surface area contributed by atoms with Crippen LogP contribution in [0, 0.1) is 0 Å². The number of allylic oxidation sites excluding steroid dienone is 1. The highest BCUT2D eigenvalue weighted by Crippen LogP contribution is 2.37. The Morgan fingerprint density at radius 1 is 1.12 bits per heavy atom. The van der Waals surface area contributed by atoms with Gasteiger partial charge in [-0.25, -0.2) is 4.99 Å². The number of ether oxygens (including phenoxy) is 3. The van der Waals surface area contributed by atoms with Gasteiger partial charge in [0.25, 0.3) is 11.5 Å². The van der Waals surface area contributed by atoms with Crippen LogP contribution >= 0.6 is 22.9 Å². The zero-order valence-corrected chi connectivity index (χ0v) is 24.8. The molecule has 0 spiro atoms. The molecule has 1 aliphatic heterocycles. The topological polar surface area (TPSA) is 91.2 Å². The second kappa shape index (κ2) is 12.5. The van der Waals surface area contributed by atoms with Crippen molar-refractivity contribution in [1.29, 1.82) is 0 Å². The molecule has 1 aliphatic rings. The first-order valence-electron chi connectivity index (χ1n) is 13.0. The highest BCUT2D eigenvalue weighted by molar-refractivity contribution is 7.07. The molecular weight excluding hydrogens is 574 g/mol. The zero-order valence-electron chi connectivity index (χ0n) is 23.2. The first-order valence-corrected chi connectivity index (χ1v) is 14.2. The number of halogens is 1. The van der Waals surface area contributed by atoms with Crippen molar-refractivity contribution >= 4 is 40.6 Å². The van der Waals surface area contributed by atoms with Crippen LogP contribution in [0.25, 0.3) is 6.08 Å². The summed E-state index contributed by atoms with van der Waals surface area (Å²) < 4.78 is 18.6. The van der Waals surface area contributed by atoms with Gasteiger partial charge in [-0.15, -0.1) is 0 Å². The predicted molar refractivity (Wildman–Crippen MR) is 166 cm³/mol. The molecule has 2 heterocycles. The van der Waals surface area contributed by atoms with E-state index in [2.05, 4.69) is 11.9 Å². The van der Waals surface area contributed by atoms with E-state index in [1.807, 2.05) is 42.5 Å². The summed E-state index contributed by atoms with van der Waals surface area (Å²) in [6.45, 7) is 5.70. The van der Waals surface area contributed by atoms with Gasteiger partial charge in [-0.05, 0) is 60.5 Å². The molecule has 8 nitrogen and oxygen atoms in total. The molecule has 214 valence electrons. The van der Waals surface area contributed by atoms with Crippen molar-refractivity contribution in [1.82, 2.24) is 4.57 Å². The number of hydrogen-bond acceptors (Lipinski definition) is 7. The fourth-order valence-corrected chi connectivity index (χ4v) is 6.04. The van der Waals surface area contributed by atoms with Crippen LogP contribution in [0.15, 0.2) is 100 Å². The number of thiazole rings is 1. The van der Waals surface area contributed by atoms with E-state index in [4.69, 9.17) is 30.8 Å². The Morgan fingerprint density at radius 2 is 1.90 bits per heavy atom. The van der Waals surface area contributed by atoms with Crippen LogP contribution in [0.5, 0.6) is 17.2 Å². The minimum absolute atomic E-state index is 0.262. The second-order valence-electron chi connectivity index (χ2n) is 9.31. The maximum Gasteiger partial charge on any atom is 0.271 e. The number of nitrogens with one attached hydrogen (secondary N) is 1. The molecule has 1 aromatic heterocycles. The Labute approximate surface area is 251 Å².